The summed E-state index contributed by atoms with van der Waals surface area (Å²) in [5.41, 5.74) is 11.4. The zero-order chi connectivity index (χ0) is 15.6. The van der Waals surface area contributed by atoms with Gasteiger partial charge in [0.05, 0.1) is 22.4 Å². The predicted octanol–water partition coefficient (Wildman–Crippen LogP) is 3.53. The molecular formula is C19H11N3O. The number of hydrogen-bond donors (Lipinski definition) is 1. The van der Waals surface area contributed by atoms with Crippen molar-refractivity contribution in [2.24, 2.45) is 5.73 Å². The molecule has 1 aliphatic carbocycles. The Morgan fingerprint density at radius 3 is 2.22 bits per heavy atom. The molecule has 0 radical (unpaired) electrons. The van der Waals surface area contributed by atoms with Crippen molar-refractivity contribution < 1.29 is 4.79 Å². The van der Waals surface area contributed by atoms with Crippen LogP contribution in [0.25, 0.3) is 44.3 Å². The predicted molar refractivity (Wildman–Crippen MR) is 90.0 cm³/mol. The van der Waals surface area contributed by atoms with Crippen LogP contribution in [0.4, 0.5) is 0 Å². The van der Waals surface area contributed by atoms with Crippen molar-refractivity contribution in [3.05, 3.63) is 60.2 Å². The Hall–Kier alpha value is -3.27. The summed E-state index contributed by atoms with van der Waals surface area (Å²) in [6.07, 6.45) is 0. The standard InChI is InChI=1S/C19H11N3O/c20-19(23)11-8-10-4-3-5-12-16(10)13(9-11)18-17(12)21-14-6-1-2-7-15(14)22-18/h1-9H,(H2,20,23). The third-order valence-corrected chi connectivity index (χ3v) is 4.34. The van der Waals surface area contributed by atoms with Crippen molar-refractivity contribution in [1.82, 2.24) is 9.97 Å². The van der Waals surface area contributed by atoms with Gasteiger partial charge < -0.3 is 5.73 Å². The molecule has 108 valence electrons. The van der Waals surface area contributed by atoms with Crippen LogP contribution in [0, 0.1) is 0 Å². The second-order valence-corrected chi connectivity index (χ2v) is 5.70. The van der Waals surface area contributed by atoms with Crippen molar-refractivity contribution in [2.45, 2.75) is 0 Å². The molecule has 3 aromatic carbocycles. The van der Waals surface area contributed by atoms with E-state index in [1.54, 1.807) is 0 Å². The summed E-state index contributed by atoms with van der Waals surface area (Å²) in [6.45, 7) is 0. The average Bonchev–Trinajstić information content (AvgIpc) is 2.88. The smallest absolute Gasteiger partial charge is 0.248 e. The summed E-state index contributed by atoms with van der Waals surface area (Å²) in [5.74, 6) is -0.434. The minimum absolute atomic E-state index is 0.434. The second-order valence-electron chi connectivity index (χ2n) is 5.70. The molecule has 0 bridgehead atoms. The van der Waals surface area contributed by atoms with Gasteiger partial charge in [-0.15, -0.1) is 0 Å². The van der Waals surface area contributed by atoms with Crippen LogP contribution in [0.1, 0.15) is 10.4 Å². The molecule has 1 amide bonds. The van der Waals surface area contributed by atoms with Gasteiger partial charge in [-0.1, -0.05) is 30.3 Å². The Morgan fingerprint density at radius 1 is 0.826 bits per heavy atom. The average molecular weight is 297 g/mol. The fourth-order valence-electron chi connectivity index (χ4n) is 3.33. The lowest BCUT2D eigenvalue weighted by molar-refractivity contribution is 0.100. The number of para-hydroxylation sites is 2. The minimum Gasteiger partial charge on any atom is -0.366 e. The van der Waals surface area contributed by atoms with Crippen molar-refractivity contribution in [2.75, 3.05) is 0 Å². The van der Waals surface area contributed by atoms with Crippen LogP contribution in [0.5, 0.6) is 0 Å². The summed E-state index contributed by atoms with van der Waals surface area (Å²) >= 11 is 0. The SMILES string of the molecule is NC(=O)c1cc2c3c(cccc3c1)-c1nc3ccccc3nc1-2. The Morgan fingerprint density at radius 2 is 1.52 bits per heavy atom. The van der Waals surface area contributed by atoms with E-state index in [4.69, 9.17) is 15.7 Å². The van der Waals surface area contributed by atoms with E-state index < -0.39 is 5.91 Å². The maximum absolute atomic E-state index is 11.6. The van der Waals surface area contributed by atoms with Crippen LogP contribution in [0.15, 0.2) is 54.6 Å². The molecule has 0 spiro atoms. The first-order valence-corrected chi connectivity index (χ1v) is 7.36. The van der Waals surface area contributed by atoms with Crippen LogP contribution < -0.4 is 5.73 Å². The number of hydrogen-bond acceptors (Lipinski definition) is 3. The molecule has 4 aromatic rings. The molecule has 2 N–H and O–H groups in total. The molecule has 4 heteroatoms. The fourth-order valence-corrected chi connectivity index (χ4v) is 3.33. The van der Waals surface area contributed by atoms with Gasteiger partial charge in [-0.2, -0.15) is 0 Å². The molecule has 0 aliphatic heterocycles. The van der Waals surface area contributed by atoms with Crippen LogP contribution in [-0.4, -0.2) is 15.9 Å². The Labute approximate surface area is 131 Å². The topological polar surface area (TPSA) is 68.9 Å². The summed E-state index contributed by atoms with van der Waals surface area (Å²) in [5, 5.41) is 2.07. The number of nitrogens with zero attached hydrogens (tertiary/aromatic N) is 2. The van der Waals surface area contributed by atoms with E-state index in [9.17, 15) is 4.79 Å². The van der Waals surface area contributed by atoms with E-state index in [0.29, 0.717) is 5.56 Å². The molecule has 1 aromatic heterocycles. The van der Waals surface area contributed by atoms with Gasteiger partial charge in [-0.3, -0.25) is 4.79 Å². The van der Waals surface area contributed by atoms with Gasteiger partial charge >= 0.3 is 0 Å². The van der Waals surface area contributed by atoms with Gasteiger partial charge in [-0.05, 0) is 29.7 Å². The van der Waals surface area contributed by atoms with E-state index in [1.807, 2.05) is 54.6 Å². The van der Waals surface area contributed by atoms with Crippen LogP contribution in [-0.2, 0) is 0 Å². The summed E-state index contributed by atoms with van der Waals surface area (Å²) in [4.78, 5) is 21.2. The van der Waals surface area contributed by atoms with Gasteiger partial charge in [0.25, 0.3) is 0 Å². The zero-order valence-electron chi connectivity index (χ0n) is 12.1. The largest absolute Gasteiger partial charge is 0.366 e. The first-order chi connectivity index (χ1) is 11.2. The molecule has 0 saturated heterocycles. The Balaban J connectivity index is 1.97. The Kier molecular flexibility index (Phi) is 2.21. The fraction of sp³-hybridized carbons (Fsp3) is 0. The highest BCUT2D eigenvalue weighted by Gasteiger charge is 2.25. The van der Waals surface area contributed by atoms with Gasteiger partial charge in [-0.25, -0.2) is 9.97 Å². The summed E-state index contributed by atoms with van der Waals surface area (Å²) in [7, 11) is 0. The lowest BCUT2D eigenvalue weighted by Crippen LogP contribution is -2.10. The number of fused-ring (bicyclic) bond motifs is 4. The van der Waals surface area contributed by atoms with Gasteiger partial charge in [0.1, 0.15) is 0 Å². The molecule has 1 aliphatic rings. The highest BCUT2D eigenvalue weighted by Crippen LogP contribution is 2.46. The van der Waals surface area contributed by atoms with Crippen molar-refractivity contribution in [1.29, 1.82) is 0 Å². The van der Waals surface area contributed by atoms with Gasteiger partial charge in [0.15, 0.2) is 0 Å². The second kappa shape index (κ2) is 4.14. The molecule has 23 heavy (non-hydrogen) atoms. The van der Waals surface area contributed by atoms with Crippen molar-refractivity contribution >= 4 is 27.7 Å². The molecule has 0 atom stereocenters. The molecular weight excluding hydrogens is 286 g/mol. The number of benzene rings is 3. The molecule has 0 saturated carbocycles. The third kappa shape index (κ3) is 1.57. The quantitative estimate of drug-likeness (QED) is 0.514. The van der Waals surface area contributed by atoms with E-state index >= 15 is 0 Å². The van der Waals surface area contributed by atoms with E-state index in [2.05, 4.69) is 0 Å². The number of carbonyl (C=O) groups excluding carboxylic acids is 1. The summed E-state index contributed by atoms with van der Waals surface area (Å²) in [6, 6.07) is 17.5. The molecule has 0 unspecified atom stereocenters. The number of rotatable bonds is 1. The van der Waals surface area contributed by atoms with E-state index in [0.717, 1.165) is 44.3 Å². The monoisotopic (exact) mass is 297 g/mol. The normalized spacial score (nSPS) is 11.8. The maximum atomic E-state index is 11.6. The molecule has 1 heterocycles. The minimum atomic E-state index is -0.434. The highest BCUT2D eigenvalue weighted by atomic mass is 16.1. The Bertz CT molecular complexity index is 1150. The van der Waals surface area contributed by atoms with Gasteiger partial charge in [0, 0.05) is 22.1 Å². The zero-order valence-corrected chi connectivity index (χ0v) is 12.1. The number of primary amides is 1. The third-order valence-electron chi connectivity index (χ3n) is 4.34. The lowest BCUT2D eigenvalue weighted by Gasteiger charge is -2.04. The number of nitrogens with two attached hydrogens (primary N) is 1. The van der Waals surface area contributed by atoms with Crippen LogP contribution in [0.2, 0.25) is 0 Å². The van der Waals surface area contributed by atoms with Crippen LogP contribution in [0.3, 0.4) is 0 Å². The molecule has 4 nitrogen and oxygen atoms in total. The van der Waals surface area contributed by atoms with Crippen molar-refractivity contribution in [3.8, 4) is 22.5 Å². The van der Waals surface area contributed by atoms with Crippen LogP contribution >= 0.6 is 0 Å². The van der Waals surface area contributed by atoms with E-state index in [1.165, 1.54) is 0 Å². The van der Waals surface area contributed by atoms with E-state index in [-0.39, 0.29) is 0 Å². The highest BCUT2D eigenvalue weighted by molar-refractivity contribution is 6.16. The number of aromatic nitrogens is 2. The number of carbonyl (C=O) groups is 1. The molecule has 0 fully saturated rings. The summed E-state index contributed by atoms with van der Waals surface area (Å²) < 4.78 is 0. The van der Waals surface area contributed by atoms with Gasteiger partial charge in [0.2, 0.25) is 5.91 Å². The first kappa shape index (κ1) is 12.3. The number of amides is 1. The first-order valence-electron chi connectivity index (χ1n) is 7.36. The maximum Gasteiger partial charge on any atom is 0.248 e. The van der Waals surface area contributed by atoms with Crippen molar-refractivity contribution in [3.63, 3.8) is 0 Å². The lowest BCUT2D eigenvalue weighted by atomic mass is 10.0. The molecule has 5 rings (SSSR count).